The number of hydrogen-bond acceptors (Lipinski definition) is 3. The molecule has 0 aromatic carbocycles. The second-order valence-electron chi connectivity index (χ2n) is 6.87. The maximum absolute atomic E-state index is 10.9. The first kappa shape index (κ1) is 23.8. The first-order chi connectivity index (χ1) is 11.6. The second kappa shape index (κ2) is 17.6. The summed E-state index contributed by atoms with van der Waals surface area (Å²) in [6.07, 6.45) is 18.5. The Labute approximate surface area is 151 Å². The van der Waals surface area contributed by atoms with Gasteiger partial charge in [-0.2, -0.15) is 0 Å². The van der Waals surface area contributed by atoms with E-state index in [1.54, 1.807) is 4.67 Å². The third kappa shape index (κ3) is 14.2. The zero-order valence-electron chi connectivity index (χ0n) is 15.7. The quantitative estimate of drug-likeness (QED) is 0.266. The van der Waals surface area contributed by atoms with E-state index in [2.05, 4.69) is 16.3 Å². The second-order valence-corrected chi connectivity index (χ2v) is 7.53. The summed E-state index contributed by atoms with van der Waals surface area (Å²) in [4.78, 5) is 10.9. The van der Waals surface area contributed by atoms with Gasteiger partial charge in [0, 0.05) is 6.54 Å². The fourth-order valence-corrected chi connectivity index (χ4v) is 3.37. The van der Waals surface area contributed by atoms with E-state index in [4.69, 9.17) is 10.2 Å². The van der Waals surface area contributed by atoms with Crippen LogP contribution in [0.5, 0.6) is 0 Å². The molecule has 0 aromatic rings. The van der Waals surface area contributed by atoms with Crippen molar-refractivity contribution in [2.75, 3.05) is 13.2 Å². The third-order valence-electron chi connectivity index (χ3n) is 4.63. The predicted octanol–water partition coefficient (Wildman–Crippen LogP) is 5.01. The first-order valence-corrected chi connectivity index (χ1v) is 10.5. The number of unbranched alkanes of at least 4 members (excludes halogenated alkanes) is 13. The van der Waals surface area contributed by atoms with Gasteiger partial charge in [-0.05, 0) is 6.42 Å². The summed E-state index contributed by atoms with van der Waals surface area (Å²) in [6.45, 7) is 2.64. The van der Waals surface area contributed by atoms with Crippen molar-refractivity contribution in [2.24, 2.45) is 0 Å². The number of rotatable bonds is 18. The van der Waals surface area contributed by atoms with E-state index in [9.17, 15) is 4.79 Å². The summed E-state index contributed by atoms with van der Waals surface area (Å²) >= 11 is 0. The lowest BCUT2D eigenvalue weighted by atomic mass is 10.0. The van der Waals surface area contributed by atoms with Gasteiger partial charge in [-0.25, -0.2) is 0 Å². The molecule has 24 heavy (non-hydrogen) atoms. The van der Waals surface area contributed by atoms with Crippen molar-refractivity contribution < 1.29 is 15.0 Å². The molecule has 5 heteroatoms. The highest BCUT2D eigenvalue weighted by atomic mass is 31.0. The normalized spacial score (nSPS) is 12.7. The average molecular weight is 362 g/mol. The molecule has 0 spiro atoms. The third-order valence-corrected chi connectivity index (χ3v) is 5.25. The smallest absolute Gasteiger partial charge is 0.323 e. The highest BCUT2D eigenvalue weighted by Gasteiger charge is 2.20. The van der Waals surface area contributed by atoms with Gasteiger partial charge in [0.15, 0.2) is 0 Å². The van der Waals surface area contributed by atoms with E-state index in [0.29, 0.717) is 6.54 Å². The molecule has 0 aliphatic carbocycles. The van der Waals surface area contributed by atoms with Crippen LogP contribution in [0.25, 0.3) is 0 Å². The summed E-state index contributed by atoms with van der Waals surface area (Å²) in [5, 5.41) is 18.0. The van der Waals surface area contributed by atoms with Crippen molar-refractivity contribution in [1.29, 1.82) is 0 Å². The molecule has 2 atom stereocenters. The minimum atomic E-state index is -0.960. The fraction of sp³-hybridized carbons (Fsp3) is 0.947. The van der Waals surface area contributed by atoms with E-state index in [-0.39, 0.29) is 6.61 Å². The van der Waals surface area contributed by atoms with Crippen LogP contribution in [0.2, 0.25) is 0 Å². The van der Waals surface area contributed by atoms with Crippen molar-refractivity contribution >= 4 is 15.4 Å². The van der Waals surface area contributed by atoms with Crippen LogP contribution in [0.4, 0.5) is 0 Å². The maximum atomic E-state index is 10.9. The molecule has 0 saturated heterocycles. The van der Waals surface area contributed by atoms with Crippen molar-refractivity contribution in [3.05, 3.63) is 0 Å². The summed E-state index contributed by atoms with van der Waals surface area (Å²) < 4.78 is 1.66. The van der Waals surface area contributed by atoms with E-state index in [1.807, 2.05) is 0 Å². The lowest BCUT2D eigenvalue weighted by Gasteiger charge is -2.22. The van der Waals surface area contributed by atoms with Gasteiger partial charge >= 0.3 is 5.97 Å². The monoisotopic (exact) mass is 361 g/mol. The van der Waals surface area contributed by atoms with Crippen LogP contribution in [0, 0.1) is 0 Å². The molecule has 0 aliphatic heterocycles. The highest BCUT2D eigenvalue weighted by molar-refractivity contribution is 7.13. The summed E-state index contributed by atoms with van der Waals surface area (Å²) in [7, 11) is 2.42. The van der Waals surface area contributed by atoms with Crippen molar-refractivity contribution in [3.63, 3.8) is 0 Å². The number of nitrogens with zero attached hydrogens (tertiary/aromatic N) is 1. The predicted molar refractivity (Wildman–Crippen MR) is 105 cm³/mol. The fourth-order valence-electron chi connectivity index (χ4n) is 2.97. The van der Waals surface area contributed by atoms with E-state index < -0.39 is 12.0 Å². The molecule has 0 saturated carbocycles. The van der Waals surface area contributed by atoms with Crippen LogP contribution in [-0.2, 0) is 4.79 Å². The number of hydrogen-bond donors (Lipinski definition) is 2. The zero-order chi connectivity index (χ0) is 18.0. The van der Waals surface area contributed by atoms with Gasteiger partial charge in [0.1, 0.15) is 6.04 Å². The van der Waals surface area contributed by atoms with Crippen molar-refractivity contribution in [1.82, 2.24) is 4.67 Å². The zero-order valence-corrected chi connectivity index (χ0v) is 16.9. The minimum absolute atomic E-state index is 0.336. The molecular weight excluding hydrogens is 321 g/mol. The maximum Gasteiger partial charge on any atom is 0.323 e. The Morgan fingerprint density at radius 2 is 1.21 bits per heavy atom. The first-order valence-electron chi connectivity index (χ1n) is 9.98. The number of aliphatic hydroxyl groups is 1. The summed E-state index contributed by atoms with van der Waals surface area (Å²) in [6, 6.07) is -0.794. The Morgan fingerprint density at radius 3 is 1.54 bits per heavy atom. The Bertz CT molecular complexity index is 290. The number of carboxylic acid groups (broad SMARTS) is 1. The minimum Gasteiger partial charge on any atom is -0.480 e. The van der Waals surface area contributed by atoms with Crippen LogP contribution < -0.4 is 0 Å². The molecule has 0 fully saturated rings. The Morgan fingerprint density at radius 1 is 0.833 bits per heavy atom. The van der Waals surface area contributed by atoms with Gasteiger partial charge in [-0.15, -0.1) is 0 Å². The average Bonchev–Trinajstić information content (AvgIpc) is 2.55. The number of carbonyl (C=O) groups is 1. The Balaban J connectivity index is 3.27. The van der Waals surface area contributed by atoms with Crippen LogP contribution in [0.1, 0.15) is 96.8 Å². The van der Waals surface area contributed by atoms with E-state index in [1.165, 1.54) is 77.0 Å². The van der Waals surface area contributed by atoms with Crippen molar-refractivity contribution in [2.45, 2.75) is 103 Å². The molecule has 4 nitrogen and oxygen atoms in total. The molecule has 1 unspecified atom stereocenters. The van der Waals surface area contributed by atoms with Gasteiger partial charge in [0.05, 0.1) is 6.61 Å². The molecule has 0 aliphatic rings. The van der Waals surface area contributed by atoms with Crippen molar-refractivity contribution in [3.8, 4) is 0 Å². The van der Waals surface area contributed by atoms with Crippen LogP contribution in [0.3, 0.4) is 0 Å². The SMILES string of the molecule is CCCCCCCCCCCCCCCCN(P)[C@@H](CO)C(=O)O. The number of aliphatic carboxylic acids is 1. The molecule has 0 bridgehead atoms. The molecule has 0 amide bonds. The topological polar surface area (TPSA) is 60.8 Å². The molecule has 0 rings (SSSR count). The Hall–Kier alpha value is -0.180. The van der Waals surface area contributed by atoms with Crippen LogP contribution in [-0.4, -0.2) is 40.0 Å². The standard InChI is InChI=1S/C19H40NO3P/c1-2-3-4-5-6-7-8-9-10-11-12-13-14-15-16-20(24)18(17-21)19(22)23/h18,21H,2-17,24H2,1H3,(H,22,23)/t18-/m0/s1. The van der Waals surface area contributed by atoms with Gasteiger partial charge < -0.3 is 10.2 Å². The van der Waals surface area contributed by atoms with Crippen LogP contribution >= 0.6 is 9.39 Å². The molecule has 0 heterocycles. The lowest BCUT2D eigenvalue weighted by Crippen LogP contribution is -2.38. The largest absolute Gasteiger partial charge is 0.480 e. The number of carboxylic acids is 1. The van der Waals surface area contributed by atoms with Crippen LogP contribution in [0.15, 0.2) is 0 Å². The van der Waals surface area contributed by atoms with Gasteiger partial charge in [0.25, 0.3) is 0 Å². The van der Waals surface area contributed by atoms with Gasteiger partial charge in [0.2, 0.25) is 0 Å². The van der Waals surface area contributed by atoms with Gasteiger partial charge in [-0.1, -0.05) is 99.8 Å². The molecule has 0 radical (unpaired) electrons. The molecular formula is C19H40NO3P. The molecule has 2 N–H and O–H groups in total. The highest BCUT2D eigenvalue weighted by Crippen LogP contribution is 2.14. The number of aliphatic hydroxyl groups excluding tert-OH is 1. The van der Waals surface area contributed by atoms with E-state index >= 15 is 0 Å². The Kier molecular flexibility index (Phi) is 17.5. The lowest BCUT2D eigenvalue weighted by molar-refractivity contribution is -0.142. The molecule has 144 valence electrons. The van der Waals surface area contributed by atoms with Gasteiger partial charge in [-0.3, -0.25) is 9.46 Å². The molecule has 0 aromatic heterocycles. The summed E-state index contributed by atoms with van der Waals surface area (Å²) in [5.41, 5.74) is 0. The van der Waals surface area contributed by atoms with E-state index in [0.717, 1.165) is 12.8 Å². The summed E-state index contributed by atoms with van der Waals surface area (Å²) in [5.74, 6) is -0.960.